The molecule has 1 saturated heterocycles. The summed E-state index contributed by atoms with van der Waals surface area (Å²) in [7, 11) is 1.64. The van der Waals surface area contributed by atoms with Crippen LogP contribution in [0.5, 0.6) is 0 Å². The minimum absolute atomic E-state index is 0.0888. The highest BCUT2D eigenvalue weighted by Gasteiger charge is 2.26. The van der Waals surface area contributed by atoms with Gasteiger partial charge in [-0.1, -0.05) is 6.92 Å². The zero-order chi connectivity index (χ0) is 14.0. The van der Waals surface area contributed by atoms with Crippen LogP contribution in [0, 0.1) is 5.92 Å². The predicted octanol–water partition coefficient (Wildman–Crippen LogP) is 2.65. The van der Waals surface area contributed by atoms with Crippen molar-refractivity contribution in [1.29, 1.82) is 0 Å². The number of rotatable bonds is 3. The van der Waals surface area contributed by atoms with E-state index in [0.717, 1.165) is 23.0 Å². The summed E-state index contributed by atoms with van der Waals surface area (Å²) in [6.07, 6.45) is 4.51. The smallest absolute Gasteiger partial charge is 0.263 e. The number of nitrogen functional groups attached to an aromatic ring is 1. The minimum atomic E-state index is -0.0888. The Morgan fingerprint density at radius 1 is 1.58 bits per heavy atom. The van der Waals surface area contributed by atoms with Crippen molar-refractivity contribution in [1.82, 2.24) is 5.32 Å². The van der Waals surface area contributed by atoms with Gasteiger partial charge in [0.25, 0.3) is 5.91 Å². The normalized spacial score (nSPS) is 19.5. The fraction of sp³-hybridized carbons (Fsp3) is 0.615. The molecule has 1 aliphatic rings. The van der Waals surface area contributed by atoms with Crippen LogP contribution in [0.1, 0.15) is 29.4 Å². The Labute approximate surface area is 122 Å². The van der Waals surface area contributed by atoms with Gasteiger partial charge in [0.15, 0.2) is 0 Å². The average Bonchev–Trinajstić information content (AvgIpc) is 2.75. The van der Waals surface area contributed by atoms with Crippen molar-refractivity contribution in [3.63, 3.8) is 0 Å². The molecule has 0 radical (unpaired) electrons. The van der Waals surface area contributed by atoms with Crippen molar-refractivity contribution < 1.29 is 4.79 Å². The first kappa shape index (κ1) is 14.5. The van der Waals surface area contributed by atoms with Crippen LogP contribution >= 0.6 is 23.1 Å². The molecule has 1 fully saturated rings. The Bertz CT molecular complexity index is 473. The molecule has 0 spiro atoms. The van der Waals surface area contributed by atoms with Gasteiger partial charge in [0.2, 0.25) is 0 Å². The summed E-state index contributed by atoms with van der Waals surface area (Å²) in [6, 6.07) is 0. The van der Waals surface area contributed by atoms with E-state index >= 15 is 0 Å². The first-order valence-electron chi connectivity index (χ1n) is 6.51. The van der Waals surface area contributed by atoms with E-state index in [1.807, 2.05) is 6.26 Å². The van der Waals surface area contributed by atoms with Crippen molar-refractivity contribution in [3.05, 3.63) is 4.88 Å². The van der Waals surface area contributed by atoms with Crippen molar-refractivity contribution in [2.75, 3.05) is 37.0 Å². The number of thioether (sulfide) groups is 1. The molecular formula is C13H21N3OS2. The second-order valence-corrected chi connectivity index (χ2v) is 6.77. The van der Waals surface area contributed by atoms with Gasteiger partial charge in [-0.25, -0.2) is 0 Å². The van der Waals surface area contributed by atoms with Gasteiger partial charge in [-0.2, -0.15) is 0 Å². The van der Waals surface area contributed by atoms with Crippen LogP contribution in [-0.2, 0) is 0 Å². The number of nitrogens with one attached hydrogen (secondary N) is 1. The number of hydrogen-bond acceptors (Lipinski definition) is 5. The van der Waals surface area contributed by atoms with Crippen LogP contribution < -0.4 is 16.0 Å². The van der Waals surface area contributed by atoms with Crippen LogP contribution in [0.15, 0.2) is 4.90 Å². The standard InChI is InChI=1S/C13H21N3OS2/c1-8-5-4-6-16(7-8)13-11(18-3)9(14)10(19-13)12(17)15-2/h8H,4-7,14H2,1-3H3,(H,15,17). The quantitative estimate of drug-likeness (QED) is 0.843. The molecule has 0 saturated carbocycles. The topological polar surface area (TPSA) is 58.4 Å². The Morgan fingerprint density at radius 3 is 2.89 bits per heavy atom. The van der Waals surface area contributed by atoms with Crippen molar-refractivity contribution in [2.45, 2.75) is 24.7 Å². The van der Waals surface area contributed by atoms with Crippen molar-refractivity contribution >= 4 is 39.7 Å². The first-order valence-corrected chi connectivity index (χ1v) is 8.55. The molecule has 2 heterocycles. The van der Waals surface area contributed by atoms with E-state index in [0.29, 0.717) is 16.5 Å². The summed E-state index contributed by atoms with van der Waals surface area (Å²) < 4.78 is 0. The number of thiophene rings is 1. The largest absolute Gasteiger partial charge is 0.396 e. The molecule has 0 bridgehead atoms. The first-order chi connectivity index (χ1) is 9.08. The number of nitrogens with two attached hydrogens (primary N) is 1. The van der Waals surface area contributed by atoms with Gasteiger partial charge in [0.05, 0.1) is 10.6 Å². The summed E-state index contributed by atoms with van der Waals surface area (Å²) in [4.78, 5) is 15.9. The minimum Gasteiger partial charge on any atom is -0.396 e. The van der Waals surface area contributed by atoms with Gasteiger partial charge in [-0.15, -0.1) is 23.1 Å². The maximum atomic E-state index is 11.9. The van der Waals surface area contributed by atoms with E-state index < -0.39 is 0 Å². The maximum Gasteiger partial charge on any atom is 0.263 e. The SMILES string of the molecule is CNC(=O)c1sc(N2CCCC(C)C2)c(SC)c1N. The third-order valence-electron chi connectivity index (χ3n) is 3.46. The van der Waals surface area contributed by atoms with Crippen LogP contribution in [0.25, 0.3) is 0 Å². The number of carbonyl (C=O) groups excluding carboxylic acids is 1. The molecule has 0 aromatic carbocycles. The van der Waals surface area contributed by atoms with Gasteiger partial charge in [0, 0.05) is 20.1 Å². The number of nitrogens with zero attached hydrogens (tertiary/aromatic N) is 1. The number of anilines is 2. The summed E-state index contributed by atoms with van der Waals surface area (Å²) in [5, 5.41) is 3.82. The number of carbonyl (C=O) groups is 1. The predicted molar refractivity (Wildman–Crippen MR) is 84.5 cm³/mol. The van der Waals surface area contributed by atoms with E-state index in [-0.39, 0.29) is 5.91 Å². The molecule has 0 aliphatic carbocycles. The van der Waals surface area contributed by atoms with Crippen LogP contribution in [0.2, 0.25) is 0 Å². The fourth-order valence-electron chi connectivity index (χ4n) is 2.48. The third kappa shape index (κ3) is 2.84. The molecule has 1 unspecified atom stereocenters. The monoisotopic (exact) mass is 299 g/mol. The Balaban J connectivity index is 2.36. The average molecular weight is 299 g/mol. The number of amides is 1. The molecule has 1 amide bonds. The van der Waals surface area contributed by atoms with Crippen LogP contribution in [0.3, 0.4) is 0 Å². The van der Waals surface area contributed by atoms with E-state index in [1.54, 1.807) is 18.8 Å². The van der Waals surface area contributed by atoms with Crippen molar-refractivity contribution in [2.24, 2.45) is 5.92 Å². The summed E-state index contributed by atoms with van der Waals surface area (Å²) in [6.45, 7) is 4.40. The number of piperidine rings is 1. The molecule has 1 aromatic rings. The molecule has 1 aliphatic heterocycles. The molecule has 106 valence electrons. The maximum absolute atomic E-state index is 11.9. The van der Waals surface area contributed by atoms with Gasteiger partial charge in [-0.3, -0.25) is 4.79 Å². The molecule has 4 nitrogen and oxygen atoms in total. The molecule has 2 rings (SSSR count). The lowest BCUT2D eigenvalue weighted by molar-refractivity contribution is 0.0968. The third-order valence-corrected chi connectivity index (χ3v) is 5.68. The van der Waals surface area contributed by atoms with E-state index in [1.165, 1.54) is 24.2 Å². The second kappa shape index (κ2) is 6.05. The number of hydrogen-bond donors (Lipinski definition) is 2. The van der Waals surface area contributed by atoms with Gasteiger partial charge >= 0.3 is 0 Å². The van der Waals surface area contributed by atoms with E-state index in [2.05, 4.69) is 17.1 Å². The lowest BCUT2D eigenvalue weighted by Gasteiger charge is -2.32. The highest BCUT2D eigenvalue weighted by molar-refractivity contribution is 7.99. The summed E-state index contributed by atoms with van der Waals surface area (Å²) in [5.74, 6) is 0.615. The van der Waals surface area contributed by atoms with Gasteiger partial charge in [-0.05, 0) is 25.0 Å². The van der Waals surface area contributed by atoms with Crippen LogP contribution in [0.4, 0.5) is 10.7 Å². The van der Waals surface area contributed by atoms with Crippen molar-refractivity contribution in [3.8, 4) is 0 Å². The lowest BCUT2D eigenvalue weighted by Crippen LogP contribution is -2.33. The lowest BCUT2D eigenvalue weighted by atomic mass is 10.0. The highest BCUT2D eigenvalue weighted by atomic mass is 32.2. The molecular weight excluding hydrogens is 278 g/mol. The van der Waals surface area contributed by atoms with Gasteiger partial charge in [0.1, 0.15) is 9.88 Å². The van der Waals surface area contributed by atoms with E-state index in [4.69, 9.17) is 5.73 Å². The second-order valence-electron chi connectivity index (χ2n) is 4.96. The molecule has 1 aromatic heterocycles. The molecule has 3 N–H and O–H groups in total. The Hall–Kier alpha value is -0.880. The summed E-state index contributed by atoms with van der Waals surface area (Å²) in [5.41, 5.74) is 6.76. The highest BCUT2D eigenvalue weighted by Crippen LogP contribution is 2.44. The van der Waals surface area contributed by atoms with Gasteiger partial charge < -0.3 is 16.0 Å². The van der Waals surface area contributed by atoms with Crippen LogP contribution in [-0.4, -0.2) is 32.3 Å². The zero-order valence-corrected chi connectivity index (χ0v) is 13.3. The summed E-state index contributed by atoms with van der Waals surface area (Å²) >= 11 is 3.15. The zero-order valence-electron chi connectivity index (χ0n) is 11.7. The molecule has 6 heteroatoms. The molecule has 19 heavy (non-hydrogen) atoms. The Morgan fingerprint density at radius 2 is 2.32 bits per heavy atom. The fourth-order valence-corrected chi connectivity index (χ4v) is 4.64. The molecule has 1 atom stereocenters. The van der Waals surface area contributed by atoms with E-state index in [9.17, 15) is 4.79 Å². The Kier molecular flexibility index (Phi) is 4.62.